The molecule has 0 aliphatic carbocycles. The lowest BCUT2D eigenvalue weighted by molar-refractivity contribution is 0.133. The lowest BCUT2D eigenvalue weighted by Gasteiger charge is -2.11. The molecule has 0 saturated heterocycles. The average Bonchev–Trinajstić information content (AvgIpc) is 2.59. The first-order chi connectivity index (χ1) is 11.5. The maximum absolute atomic E-state index is 13.5. The molecule has 0 aliphatic heterocycles. The second-order valence-corrected chi connectivity index (χ2v) is 7.32. The van der Waals surface area contributed by atoms with Crippen molar-refractivity contribution in [3.8, 4) is 0 Å². The van der Waals surface area contributed by atoms with Crippen LogP contribution >= 0.6 is 0 Å². The zero-order valence-electron chi connectivity index (χ0n) is 14.0. The molecule has 0 aromatic heterocycles. The highest BCUT2D eigenvalue weighted by atomic mass is 28.3. The van der Waals surface area contributed by atoms with E-state index in [4.69, 9.17) is 13.3 Å². The van der Waals surface area contributed by atoms with Crippen molar-refractivity contribution < 1.29 is 30.8 Å². The maximum Gasteiger partial charge on any atom is 0.483 e. The van der Waals surface area contributed by atoms with Gasteiger partial charge in [0, 0.05) is 20.8 Å². The summed E-state index contributed by atoms with van der Waals surface area (Å²) >= 11 is 0. The van der Waals surface area contributed by atoms with Gasteiger partial charge in [-0.25, -0.2) is 17.6 Å². The minimum absolute atomic E-state index is 0.116. The molecule has 24 heavy (non-hydrogen) atoms. The zero-order valence-corrected chi connectivity index (χ0v) is 15.2. The Morgan fingerprint density at radius 2 is 1.38 bits per heavy atom. The van der Waals surface area contributed by atoms with Crippen LogP contribution in [0.2, 0.25) is 0 Å². The first-order valence-corrected chi connectivity index (χ1v) is 9.41. The van der Waals surface area contributed by atoms with Gasteiger partial charge in [0.1, 0.15) is 0 Å². The van der Waals surface area contributed by atoms with Crippen molar-refractivity contribution in [3.05, 3.63) is 34.9 Å². The fraction of sp³-hybridized carbons (Fsp3) is 0.625. The van der Waals surface area contributed by atoms with Crippen LogP contribution in [0, 0.1) is 23.3 Å². The van der Waals surface area contributed by atoms with E-state index < -0.39 is 32.8 Å². The normalized spacial score (nSPS) is 11.5. The van der Waals surface area contributed by atoms with E-state index in [-0.39, 0.29) is 12.0 Å². The zero-order chi connectivity index (χ0) is 17.9. The van der Waals surface area contributed by atoms with Gasteiger partial charge < -0.3 is 13.3 Å². The molecule has 0 amide bonds. The van der Waals surface area contributed by atoms with E-state index in [2.05, 4.69) is 0 Å². The summed E-state index contributed by atoms with van der Waals surface area (Å²) in [5.41, 5.74) is -0.116. The Hall–Kier alpha value is -0.963. The number of halogens is 4. The predicted molar refractivity (Wildman–Crippen MR) is 84.8 cm³/mol. The van der Waals surface area contributed by atoms with Crippen LogP contribution < -0.4 is 0 Å². The van der Waals surface area contributed by atoms with E-state index in [1.165, 1.54) is 0 Å². The molecule has 0 radical (unpaired) electrons. The first-order valence-electron chi connectivity index (χ1n) is 8.00. The Kier molecular flexibility index (Phi) is 10.2. The highest BCUT2D eigenvalue weighted by molar-refractivity contribution is 6.36. The quantitative estimate of drug-likeness (QED) is 0.182. The van der Waals surface area contributed by atoms with Gasteiger partial charge in [-0.2, -0.15) is 0 Å². The predicted octanol–water partition coefficient (Wildman–Crippen LogP) is 4.15. The first kappa shape index (κ1) is 21.1. The van der Waals surface area contributed by atoms with Gasteiger partial charge in [-0.3, -0.25) is 0 Å². The van der Waals surface area contributed by atoms with E-state index in [9.17, 15) is 17.6 Å². The molecule has 0 atom stereocenters. The molecule has 0 aliphatic rings. The summed E-state index contributed by atoms with van der Waals surface area (Å²) in [5, 5.41) is 0. The van der Waals surface area contributed by atoms with Crippen LogP contribution in [0.1, 0.15) is 44.1 Å². The molecule has 0 N–H and O–H groups in total. The Morgan fingerprint density at radius 3 is 2.00 bits per heavy atom. The molecule has 3 nitrogen and oxygen atoms in total. The van der Waals surface area contributed by atoms with Crippen molar-refractivity contribution >= 4 is 9.53 Å². The summed E-state index contributed by atoms with van der Waals surface area (Å²) in [4.78, 5) is 0. The molecule has 1 aromatic carbocycles. The topological polar surface area (TPSA) is 27.7 Å². The van der Waals surface area contributed by atoms with Crippen LogP contribution in [0.3, 0.4) is 0 Å². The van der Waals surface area contributed by atoms with E-state index >= 15 is 0 Å². The van der Waals surface area contributed by atoms with Crippen molar-refractivity contribution in [1.29, 1.82) is 0 Å². The van der Waals surface area contributed by atoms with Gasteiger partial charge in [0.25, 0.3) is 0 Å². The Balaban J connectivity index is 2.13. The number of hydrogen-bond donors (Lipinski definition) is 0. The molecule has 0 spiro atoms. The smallest absolute Gasteiger partial charge is 0.379 e. The maximum atomic E-state index is 13.5. The molecule has 0 heterocycles. The number of benzene rings is 1. The Bertz CT molecular complexity index is 499. The summed E-state index contributed by atoms with van der Waals surface area (Å²) in [6.45, 7) is 0.595. The van der Waals surface area contributed by atoms with Crippen LogP contribution in [-0.4, -0.2) is 30.4 Å². The third-order valence-corrected chi connectivity index (χ3v) is 4.93. The van der Waals surface area contributed by atoms with Gasteiger partial charge in [0.05, 0.1) is 0 Å². The molecule has 1 rings (SSSR count). The van der Waals surface area contributed by atoms with Gasteiger partial charge in [-0.05, 0) is 30.9 Å². The third kappa shape index (κ3) is 6.88. The Labute approximate surface area is 141 Å². The molecular formula is C16H24F4O3Si. The molecule has 1 aromatic rings. The average molecular weight is 368 g/mol. The molecule has 138 valence electrons. The fourth-order valence-electron chi connectivity index (χ4n) is 2.34. The summed E-state index contributed by atoms with van der Waals surface area (Å²) in [6.07, 6.45) is 5.42. The largest absolute Gasteiger partial charge is 0.483 e. The Morgan fingerprint density at radius 1 is 0.792 bits per heavy atom. The lowest BCUT2D eigenvalue weighted by Crippen LogP contribution is -2.24. The van der Waals surface area contributed by atoms with Crippen molar-refractivity contribution in [2.45, 2.75) is 44.9 Å². The molecule has 0 saturated carbocycles. The van der Waals surface area contributed by atoms with Crippen LogP contribution in [0.25, 0.3) is 0 Å². The van der Waals surface area contributed by atoms with E-state index in [0.717, 1.165) is 38.2 Å². The minimum atomic E-state index is -1.94. The molecule has 8 heteroatoms. The fourth-order valence-corrected chi connectivity index (χ4v) is 3.16. The number of aryl methyl sites for hydroxylation is 1. The van der Waals surface area contributed by atoms with E-state index in [1.54, 1.807) is 14.2 Å². The van der Waals surface area contributed by atoms with Gasteiger partial charge in [0.2, 0.25) is 0 Å². The van der Waals surface area contributed by atoms with Gasteiger partial charge in [0.15, 0.2) is 23.3 Å². The van der Waals surface area contributed by atoms with Gasteiger partial charge in [-0.15, -0.1) is 0 Å². The second-order valence-electron chi connectivity index (χ2n) is 5.46. The van der Waals surface area contributed by atoms with Gasteiger partial charge >= 0.3 is 9.53 Å². The van der Waals surface area contributed by atoms with Crippen molar-refractivity contribution in [2.75, 3.05) is 20.8 Å². The molecule has 0 unspecified atom stereocenters. The molecule has 0 fully saturated rings. The highest BCUT2D eigenvalue weighted by Gasteiger charge is 2.18. The van der Waals surface area contributed by atoms with E-state index in [1.807, 2.05) is 0 Å². The number of unbranched alkanes of at least 4 members (excludes halogenated alkanes) is 5. The minimum Gasteiger partial charge on any atom is -0.379 e. The van der Waals surface area contributed by atoms with Crippen LogP contribution in [0.4, 0.5) is 17.6 Å². The van der Waals surface area contributed by atoms with Crippen LogP contribution in [0.15, 0.2) is 6.07 Å². The SMILES string of the molecule is CO[SiH](OC)OCCCCCCCCc1cc(F)c(F)c(F)c1F. The van der Waals surface area contributed by atoms with Gasteiger partial charge in [-0.1, -0.05) is 25.7 Å². The lowest BCUT2D eigenvalue weighted by atomic mass is 10.0. The molecule has 0 bridgehead atoms. The second kappa shape index (κ2) is 11.6. The standard InChI is InChI=1S/C16H24F4O3Si/c1-21-24(22-2)23-10-8-6-4-3-5-7-9-12-11-13(17)15(19)16(20)14(12)18/h11,24H,3-10H2,1-2H3. The third-order valence-electron chi connectivity index (χ3n) is 3.66. The molecular weight excluding hydrogens is 344 g/mol. The summed E-state index contributed by atoms with van der Waals surface area (Å²) in [5.74, 6) is -6.14. The summed E-state index contributed by atoms with van der Waals surface area (Å²) < 4.78 is 67.9. The monoisotopic (exact) mass is 368 g/mol. The summed E-state index contributed by atoms with van der Waals surface area (Å²) in [6, 6.07) is 0.733. The van der Waals surface area contributed by atoms with Crippen LogP contribution in [-0.2, 0) is 19.7 Å². The summed E-state index contributed by atoms with van der Waals surface area (Å²) in [7, 11) is 1.18. The van der Waals surface area contributed by atoms with Crippen molar-refractivity contribution in [2.24, 2.45) is 0 Å². The van der Waals surface area contributed by atoms with Crippen molar-refractivity contribution in [1.82, 2.24) is 0 Å². The van der Waals surface area contributed by atoms with Crippen LogP contribution in [0.5, 0.6) is 0 Å². The van der Waals surface area contributed by atoms with Crippen molar-refractivity contribution in [3.63, 3.8) is 0 Å². The van der Waals surface area contributed by atoms with E-state index in [0.29, 0.717) is 13.0 Å². The highest BCUT2D eigenvalue weighted by Crippen LogP contribution is 2.20. The number of hydrogen-bond acceptors (Lipinski definition) is 3. The number of rotatable bonds is 12.